The highest BCUT2D eigenvalue weighted by Gasteiger charge is 2.20. The van der Waals surface area contributed by atoms with E-state index in [1.54, 1.807) is 17.8 Å². The number of hydrogen-bond donors (Lipinski definition) is 2. The van der Waals surface area contributed by atoms with Crippen LogP contribution in [0.3, 0.4) is 0 Å². The maximum atomic E-state index is 6.19. The first-order chi connectivity index (χ1) is 8.54. The summed E-state index contributed by atoms with van der Waals surface area (Å²) in [6.45, 7) is 1.91. The molecule has 0 aliphatic rings. The fourth-order valence-electron chi connectivity index (χ4n) is 1.92. The molecule has 0 fully saturated rings. The third-order valence-corrected chi connectivity index (χ3v) is 3.68. The third-order valence-electron chi connectivity index (χ3n) is 2.90. The second-order valence-electron chi connectivity index (χ2n) is 4.05. The van der Waals surface area contributed by atoms with Crippen LogP contribution in [0.25, 0.3) is 0 Å². The number of aryl methyl sites for hydroxylation is 2. The molecule has 0 spiro atoms. The predicted molar refractivity (Wildman–Crippen MR) is 70.4 cm³/mol. The first-order valence-corrected chi connectivity index (χ1v) is 6.17. The Labute approximate surface area is 115 Å². The van der Waals surface area contributed by atoms with Crippen LogP contribution >= 0.6 is 23.2 Å². The Kier molecular flexibility index (Phi) is 3.97. The van der Waals surface area contributed by atoms with E-state index in [9.17, 15) is 0 Å². The largest absolute Gasteiger partial charge is 0.453 e. The highest BCUT2D eigenvalue weighted by molar-refractivity contribution is 6.30. The number of hydrogen-bond acceptors (Lipinski definition) is 4. The Balaban J connectivity index is 2.29. The van der Waals surface area contributed by atoms with Gasteiger partial charge in [0.15, 0.2) is 5.22 Å². The summed E-state index contributed by atoms with van der Waals surface area (Å²) in [5.74, 6) is 5.57. The summed E-state index contributed by atoms with van der Waals surface area (Å²) in [7, 11) is 1.80. The van der Waals surface area contributed by atoms with Crippen LogP contribution in [0.4, 0.5) is 0 Å². The molecular weight excluding hydrogens is 275 g/mol. The lowest BCUT2D eigenvalue weighted by Gasteiger charge is -2.14. The van der Waals surface area contributed by atoms with E-state index in [0.717, 1.165) is 16.8 Å². The van der Waals surface area contributed by atoms with Gasteiger partial charge in [-0.2, -0.15) is 5.10 Å². The minimum Gasteiger partial charge on any atom is -0.453 e. The van der Waals surface area contributed by atoms with Crippen molar-refractivity contribution in [1.29, 1.82) is 0 Å². The van der Waals surface area contributed by atoms with Gasteiger partial charge in [0.2, 0.25) is 0 Å². The quantitative estimate of drug-likeness (QED) is 0.669. The van der Waals surface area contributed by atoms with E-state index in [1.807, 2.05) is 6.92 Å². The molecule has 0 bridgehead atoms. The fraction of sp³-hybridized carbons (Fsp3) is 0.364. The summed E-state index contributed by atoms with van der Waals surface area (Å²) in [5.41, 5.74) is 5.34. The zero-order chi connectivity index (χ0) is 13.3. The second-order valence-corrected chi connectivity index (χ2v) is 4.75. The predicted octanol–water partition coefficient (Wildman–Crippen LogP) is 2.38. The molecule has 1 unspecified atom stereocenters. The van der Waals surface area contributed by atoms with Crippen molar-refractivity contribution in [2.24, 2.45) is 12.9 Å². The molecule has 18 heavy (non-hydrogen) atoms. The Hall–Kier alpha value is -1.01. The van der Waals surface area contributed by atoms with Gasteiger partial charge >= 0.3 is 0 Å². The Morgan fingerprint density at radius 1 is 1.56 bits per heavy atom. The maximum Gasteiger partial charge on any atom is 0.197 e. The Morgan fingerprint density at radius 3 is 2.72 bits per heavy atom. The van der Waals surface area contributed by atoms with E-state index in [-0.39, 0.29) is 6.04 Å². The van der Waals surface area contributed by atoms with Crippen molar-refractivity contribution in [3.63, 3.8) is 0 Å². The lowest BCUT2D eigenvalue weighted by Crippen LogP contribution is -2.29. The number of aromatic nitrogens is 2. The molecule has 3 N–H and O–H groups in total. The lowest BCUT2D eigenvalue weighted by atomic mass is 10.0. The van der Waals surface area contributed by atoms with E-state index in [4.69, 9.17) is 33.5 Å². The maximum absolute atomic E-state index is 6.19. The van der Waals surface area contributed by atoms with Gasteiger partial charge in [-0.3, -0.25) is 16.0 Å². The molecule has 2 aromatic rings. The van der Waals surface area contributed by atoms with Gasteiger partial charge < -0.3 is 4.42 Å². The minimum absolute atomic E-state index is 0.170. The molecule has 5 nitrogen and oxygen atoms in total. The van der Waals surface area contributed by atoms with Crippen molar-refractivity contribution in [2.75, 3.05) is 0 Å². The number of nitrogens with one attached hydrogen (secondary N) is 1. The highest BCUT2D eigenvalue weighted by atomic mass is 35.5. The molecule has 0 saturated heterocycles. The van der Waals surface area contributed by atoms with Gasteiger partial charge in [-0.05, 0) is 31.0 Å². The van der Waals surface area contributed by atoms with Crippen LogP contribution in [0.2, 0.25) is 10.4 Å². The highest BCUT2D eigenvalue weighted by Crippen LogP contribution is 2.29. The molecule has 0 aliphatic heterocycles. The standard InChI is InChI=1S/C11H14Cl2N4O/c1-6-8(10(12)17(2)16-6)5-9(15-14)7-3-4-18-11(7)13/h3-4,9,15H,5,14H2,1-2H3. The van der Waals surface area contributed by atoms with Gasteiger partial charge in [0.05, 0.1) is 18.0 Å². The summed E-state index contributed by atoms with van der Waals surface area (Å²) in [5, 5.41) is 5.19. The van der Waals surface area contributed by atoms with E-state index in [1.165, 1.54) is 6.26 Å². The molecule has 0 aliphatic carbocycles. The number of nitrogens with zero attached hydrogens (tertiary/aromatic N) is 2. The van der Waals surface area contributed by atoms with Crippen LogP contribution in [-0.2, 0) is 13.5 Å². The molecule has 0 radical (unpaired) electrons. The molecule has 0 aromatic carbocycles. The van der Waals surface area contributed by atoms with Gasteiger partial charge in [-0.15, -0.1) is 0 Å². The number of nitrogens with two attached hydrogens (primary N) is 1. The van der Waals surface area contributed by atoms with Crippen LogP contribution < -0.4 is 11.3 Å². The van der Waals surface area contributed by atoms with Crippen molar-refractivity contribution < 1.29 is 4.42 Å². The zero-order valence-corrected chi connectivity index (χ0v) is 11.6. The van der Waals surface area contributed by atoms with Gasteiger partial charge in [-0.25, -0.2) is 0 Å². The monoisotopic (exact) mass is 288 g/mol. The molecular formula is C11H14Cl2N4O. The average molecular weight is 289 g/mol. The van der Waals surface area contributed by atoms with Crippen molar-refractivity contribution in [3.8, 4) is 0 Å². The Bertz CT molecular complexity index is 549. The molecule has 7 heteroatoms. The smallest absolute Gasteiger partial charge is 0.197 e. The van der Waals surface area contributed by atoms with E-state index in [2.05, 4.69) is 10.5 Å². The van der Waals surface area contributed by atoms with Crippen molar-refractivity contribution >= 4 is 23.2 Å². The van der Waals surface area contributed by atoms with Crippen molar-refractivity contribution in [3.05, 3.63) is 39.5 Å². The van der Waals surface area contributed by atoms with Crippen LogP contribution in [0.1, 0.15) is 22.9 Å². The topological polar surface area (TPSA) is 69.0 Å². The molecule has 98 valence electrons. The van der Waals surface area contributed by atoms with Crippen LogP contribution in [0.5, 0.6) is 0 Å². The summed E-state index contributed by atoms with van der Waals surface area (Å²) >= 11 is 12.1. The summed E-state index contributed by atoms with van der Waals surface area (Å²) in [6.07, 6.45) is 2.12. The van der Waals surface area contributed by atoms with Crippen LogP contribution in [0, 0.1) is 6.92 Å². The van der Waals surface area contributed by atoms with Gasteiger partial charge in [-0.1, -0.05) is 11.6 Å². The SMILES string of the molecule is Cc1nn(C)c(Cl)c1CC(NN)c1ccoc1Cl. The molecule has 2 rings (SSSR count). The molecule has 1 atom stereocenters. The van der Waals surface area contributed by atoms with Gasteiger partial charge in [0.1, 0.15) is 5.15 Å². The minimum atomic E-state index is -0.170. The Morgan fingerprint density at radius 2 is 2.28 bits per heavy atom. The zero-order valence-electron chi connectivity index (χ0n) is 10.1. The number of hydrazine groups is 1. The first-order valence-electron chi connectivity index (χ1n) is 5.41. The second kappa shape index (κ2) is 5.32. The molecule has 2 aromatic heterocycles. The van der Waals surface area contributed by atoms with Crippen LogP contribution in [0.15, 0.2) is 16.7 Å². The number of halogens is 2. The number of furan rings is 1. The van der Waals surface area contributed by atoms with Gasteiger partial charge in [0.25, 0.3) is 0 Å². The van der Waals surface area contributed by atoms with Gasteiger partial charge in [0, 0.05) is 18.2 Å². The molecule has 0 amide bonds. The van der Waals surface area contributed by atoms with Crippen molar-refractivity contribution in [1.82, 2.24) is 15.2 Å². The molecule has 2 heterocycles. The summed E-state index contributed by atoms with van der Waals surface area (Å²) < 4.78 is 6.70. The van der Waals surface area contributed by atoms with Crippen LogP contribution in [-0.4, -0.2) is 9.78 Å². The van der Waals surface area contributed by atoms with E-state index < -0.39 is 0 Å². The van der Waals surface area contributed by atoms with E-state index in [0.29, 0.717) is 16.8 Å². The normalized spacial score (nSPS) is 12.9. The summed E-state index contributed by atoms with van der Waals surface area (Å²) in [4.78, 5) is 0. The molecule has 0 saturated carbocycles. The third kappa shape index (κ3) is 2.40. The average Bonchev–Trinajstić information content (AvgIpc) is 2.84. The first kappa shape index (κ1) is 13.4. The van der Waals surface area contributed by atoms with E-state index >= 15 is 0 Å². The number of rotatable bonds is 4. The van der Waals surface area contributed by atoms with Crippen molar-refractivity contribution in [2.45, 2.75) is 19.4 Å². The lowest BCUT2D eigenvalue weighted by molar-refractivity contribution is 0.526. The summed E-state index contributed by atoms with van der Waals surface area (Å²) in [6, 6.07) is 1.61. The fourth-order valence-corrected chi connectivity index (χ4v) is 2.42.